The Morgan fingerprint density at radius 1 is 1.00 bits per heavy atom. The van der Waals surface area contributed by atoms with Crippen molar-refractivity contribution in [3.05, 3.63) is 0 Å². The highest BCUT2D eigenvalue weighted by Crippen LogP contribution is 2.77. The Morgan fingerprint density at radius 2 is 1.75 bits per heavy atom. The summed E-state index contributed by atoms with van der Waals surface area (Å²) in [5.41, 5.74) is 1.44. The van der Waals surface area contributed by atoms with Crippen molar-refractivity contribution in [1.29, 1.82) is 0 Å². The van der Waals surface area contributed by atoms with Crippen molar-refractivity contribution in [3.63, 3.8) is 0 Å². The summed E-state index contributed by atoms with van der Waals surface area (Å²) < 4.78 is 6.09. The SMILES string of the molecule is C[C@@H]1CC[C@H]2C(C)(C)[C@@H]3C[C@@]12C[C@H]1O[C@]13C. The largest absolute Gasteiger partial charge is 0.366 e. The Balaban J connectivity index is 1.85. The predicted molar refractivity (Wildman–Crippen MR) is 64.1 cm³/mol. The number of hydrogen-bond donors (Lipinski definition) is 0. The number of hydrogen-bond acceptors (Lipinski definition) is 1. The summed E-state index contributed by atoms with van der Waals surface area (Å²) >= 11 is 0. The van der Waals surface area contributed by atoms with Gasteiger partial charge in [-0.1, -0.05) is 20.8 Å². The molecule has 1 saturated heterocycles. The van der Waals surface area contributed by atoms with Gasteiger partial charge in [0.1, 0.15) is 0 Å². The lowest BCUT2D eigenvalue weighted by Gasteiger charge is -2.37. The molecule has 4 aliphatic rings. The average molecular weight is 220 g/mol. The van der Waals surface area contributed by atoms with E-state index in [1.165, 1.54) is 25.7 Å². The molecule has 90 valence electrons. The first-order chi connectivity index (χ1) is 7.41. The Labute approximate surface area is 98.9 Å². The molecule has 0 N–H and O–H groups in total. The third-order valence-electron chi connectivity index (χ3n) is 7.18. The zero-order valence-corrected chi connectivity index (χ0v) is 11.0. The zero-order valence-electron chi connectivity index (χ0n) is 11.0. The minimum atomic E-state index is 0.263. The molecule has 4 rings (SSSR count). The Bertz CT molecular complexity index is 356. The molecule has 3 aliphatic carbocycles. The number of ether oxygens (including phenoxy) is 1. The van der Waals surface area contributed by atoms with Crippen LogP contribution in [-0.2, 0) is 4.74 Å². The van der Waals surface area contributed by atoms with Gasteiger partial charge in [0.2, 0.25) is 0 Å². The van der Waals surface area contributed by atoms with Crippen LogP contribution in [-0.4, -0.2) is 11.7 Å². The highest BCUT2D eigenvalue weighted by molar-refractivity contribution is 5.24. The molecule has 0 amide bonds. The number of fused-ring (bicyclic) bond motifs is 3. The highest BCUT2D eigenvalue weighted by atomic mass is 16.6. The van der Waals surface area contributed by atoms with E-state index in [2.05, 4.69) is 27.7 Å². The van der Waals surface area contributed by atoms with Crippen LogP contribution in [0.4, 0.5) is 0 Å². The number of epoxide rings is 1. The normalized spacial score (nSPS) is 65.2. The van der Waals surface area contributed by atoms with Crippen molar-refractivity contribution in [2.75, 3.05) is 0 Å². The fourth-order valence-corrected chi connectivity index (χ4v) is 6.21. The fraction of sp³-hybridized carbons (Fsp3) is 1.00. The molecule has 1 aliphatic heterocycles. The summed E-state index contributed by atoms with van der Waals surface area (Å²) in [5, 5.41) is 0. The van der Waals surface area contributed by atoms with Gasteiger partial charge in [0.25, 0.3) is 0 Å². The quantitative estimate of drug-likeness (QED) is 0.568. The first-order valence-electron chi connectivity index (χ1n) is 7.09. The molecule has 6 atom stereocenters. The maximum absolute atomic E-state index is 6.09. The van der Waals surface area contributed by atoms with Gasteiger partial charge in [-0.3, -0.25) is 0 Å². The third kappa shape index (κ3) is 0.805. The molecule has 0 aromatic carbocycles. The van der Waals surface area contributed by atoms with Crippen molar-refractivity contribution in [3.8, 4) is 0 Å². The van der Waals surface area contributed by atoms with Gasteiger partial charge >= 0.3 is 0 Å². The van der Waals surface area contributed by atoms with E-state index in [0.29, 0.717) is 16.9 Å². The van der Waals surface area contributed by atoms with Gasteiger partial charge in [-0.2, -0.15) is 0 Å². The monoisotopic (exact) mass is 220 g/mol. The second kappa shape index (κ2) is 2.39. The molecule has 4 fully saturated rings. The van der Waals surface area contributed by atoms with E-state index in [0.717, 1.165) is 17.8 Å². The van der Waals surface area contributed by atoms with Crippen LogP contribution in [0.3, 0.4) is 0 Å². The molecule has 2 bridgehead atoms. The van der Waals surface area contributed by atoms with E-state index in [9.17, 15) is 0 Å². The van der Waals surface area contributed by atoms with Crippen LogP contribution in [0.1, 0.15) is 53.4 Å². The number of rotatable bonds is 0. The highest BCUT2D eigenvalue weighted by Gasteiger charge is 2.76. The second-order valence-corrected chi connectivity index (χ2v) is 7.84. The molecule has 0 aromatic heterocycles. The molecule has 0 aromatic rings. The lowest BCUT2D eigenvalue weighted by molar-refractivity contribution is 0.0866. The van der Waals surface area contributed by atoms with Gasteiger partial charge in [-0.15, -0.1) is 0 Å². The topological polar surface area (TPSA) is 12.5 Å². The summed E-state index contributed by atoms with van der Waals surface area (Å²) in [7, 11) is 0. The van der Waals surface area contributed by atoms with Crippen LogP contribution >= 0.6 is 0 Å². The Morgan fingerprint density at radius 3 is 2.50 bits per heavy atom. The summed E-state index contributed by atoms with van der Waals surface area (Å²) in [6, 6.07) is 0. The average Bonchev–Trinajstić information content (AvgIpc) is 2.67. The molecular weight excluding hydrogens is 196 g/mol. The molecule has 1 heterocycles. The van der Waals surface area contributed by atoms with Crippen molar-refractivity contribution in [2.45, 2.75) is 65.1 Å². The van der Waals surface area contributed by atoms with Crippen molar-refractivity contribution in [2.24, 2.45) is 28.6 Å². The smallest absolute Gasteiger partial charge is 0.0954 e. The van der Waals surface area contributed by atoms with E-state index >= 15 is 0 Å². The standard InChI is InChI=1S/C15H24O/c1-9-5-6-10-13(2,3)11-7-15(9,10)8-12-14(11,4)16-12/h9-12H,5-8H2,1-4H3/t9-,10+,11+,12-,14+,15-/m1/s1. The first-order valence-corrected chi connectivity index (χ1v) is 7.09. The van der Waals surface area contributed by atoms with Crippen molar-refractivity contribution >= 4 is 0 Å². The van der Waals surface area contributed by atoms with Gasteiger partial charge in [0.15, 0.2) is 0 Å². The van der Waals surface area contributed by atoms with Gasteiger partial charge < -0.3 is 4.74 Å². The maximum atomic E-state index is 6.09. The fourth-order valence-electron chi connectivity index (χ4n) is 6.21. The molecule has 3 saturated carbocycles. The summed E-state index contributed by atoms with van der Waals surface area (Å²) in [6.45, 7) is 9.93. The molecule has 1 heteroatoms. The second-order valence-electron chi connectivity index (χ2n) is 7.84. The van der Waals surface area contributed by atoms with Crippen molar-refractivity contribution < 1.29 is 4.74 Å². The van der Waals surface area contributed by atoms with Crippen LogP contribution in [0.15, 0.2) is 0 Å². The van der Waals surface area contributed by atoms with E-state index in [1.54, 1.807) is 0 Å². The summed E-state index contributed by atoms with van der Waals surface area (Å²) in [5.74, 6) is 2.75. The van der Waals surface area contributed by atoms with Crippen molar-refractivity contribution in [1.82, 2.24) is 0 Å². The first kappa shape index (κ1) is 9.94. The zero-order chi connectivity index (χ0) is 11.3. The van der Waals surface area contributed by atoms with Crippen LogP contribution < -0.4 is 0 Å². The minimum absolute atomic E-state index is 0.263. The van der Waals surface area contributed by atoms with E-state index < -0.39 is 0 Å². The summed E-state index contributed by atoms with van der Waals surface area (Å²) in [4.78, 5) is 0. The van der Waals surface area contributed by atoms with E-state index in [1.807, 2.05) is 0 Å². The lowest BCUT2D eigenvalue weighted by Crippen LogP contribution is -2.36. The van der Waals surface area contributed by atoms with Crippen LogP contribution in [0.5, 0.6) is 0 Å². The van der Waals surface area contributed by atoms with Crippen LogP contribution in [0.25, 0.3) is 0 Å². The Hall–Kier alpha value is -0.0400. The maximum Gasteiger partial charge on any atom is 0.0954 e. The minimum Gasteiger partial charge on any atom is -0.366 e. The summed E-state index contributed by atoms with van der Waals surface area (Å²) in [6.07, 6.45) is 6.38. The lowest BCUT2D eigenvalue weighted by atomic mass is 9.66. The molecular formula is C15H24O. The molecule has 0 radical (unpaired) electrons. The van der Waals surface area contributed by atoms with Crippen LogP contribution in [0.2, 0.25) is 0 Å². The van der Waals surface area contributed by atoms with E-state index in [-0.39, 0.29) is 5.60 Å². The predicted octanol–water partition coefficient (Wildman–Crippen LogP) is 3.63. The third-order valence-corrected chi connectivity index (χ3v) is 7.18. The van der Waals surface area contributed by atoms with Gasteiger partial charge in [-0.05, 0) is 61.2 Å². The molecule has 0 unspecified atom stereocenters. The van der Waals surface area contributed by atoms with E-state index in [4.69, 9.17) is 4.74 Å². The molecule has 1 spiro atoms. The van der Waals surface area contributed by atoms with Gasteiger partial charge in [-0.25, -0.2) is 0 Å². The van der Waals surface area contributed by atoms with Gasteiger partial charge in [0.05, 0.1) is 11.7 Å². The molecule has 16 heavy (non-hydrogen) atoms. The Kier molecular flexibility index (Phi) is 1.48. The van der Waals surface area contributed by atoms with Gasteiger partial charge in [0, 0.05) is 0 Å². The molecule has 1 nitrogen and oxygen atoms in total. The van der Waals surface area contributed by atoms with Crippen LogP contribution in [0, 0.1) is 28.6 Å².